The Hall–Kier alpha value is -3.35. The van der Waals surface area contributed by atoms with Gasteiger partial charge < -0.3 is 5.32 Å². The summed E-state index contributed by atoms with van der Waals surface area (Å²) in [5, 5.41) is 6.62. The van der Waals surface area contributed by atoms with Crippen molar-refractivity contribution in [3.8, 4) is 0 Å². The fourth-order valence-corrected chi connectivity index (χ4v) is 2.79. The lowest BCUT2D eigenvalue weighted by Gasteiger charge is -2.13. The third-order valence-corrected chi connectivity index (χ3v) is 4.05. The van der Waals surface area contributed by atoms with E-state index in [0.29, 0.717) is 18.4 Å². The van der Waals surface area contributed by atoms with Crippen LogP contribution in [-0.2, 0) is 11.3 Å². The number of hydrogen-bond donors (Lipinski definition) is 1. The zero-order valence-electron chi connectivity index (χ0n) is 15.1. The van der Waals surface area contributed by atoms with Crippen LogP contribution in [0.5, 0.6) is 0 Å². The largest absolute Gasteiger partial charge is 0.417 e. The molecule has 1 heterocycles. The lowest BCUT2D eigenvalue weighted by molar-refractivity contribution is -0.112. The fourth-order valence-electron chi connectivity index (χ4n) is 2.79. The van der Waals surface area contributed by atoms with Crippen LogP contribution >= 0.6 is 0 Å². The van der Waals surface area contributed by atoms with Gasteiger partial charge in [-0.1, -0.05) is 60.2 Å². The molecule has 1 amide bonds. The second-order valence-corrected chi connectivity index (χ2v) is 6.27. The number of allylic oxidation sites excluding steroid dienone is 1. The number of nitrogens with zero attached hydrogens (tertiary/aromatic N) is 2. The van der Waals surface area contributed by atoms with Crippen LogP contribution in [0.25, 0.3) is 5.57 Å². The molecular formula is C21H18F3N3O. The van der Waals surface area contributed by atoms with Crippen molar-refractivity contribution in [1.29, 1.82) is 0 Å². The minimum absolute atomic E-state index is 0.0709. The van der Waals surface area contributed by atoms with Crippen LogP contribution in [0.2, 0.25) is 0 Å². The lowest BCUT2D eigenvalue weighted by Crippen LogP contribution is -2.18. The monoisotopic (exact) mass is 385 g/mol. The molecule has 0 saturated heterocycles. The fraction of sp³-hybridized carbons (Fsp3) is 0.143. The maximum atomic E-state index is 13.4. The van der Waals surface area contributed by atoms with E-state index in [0.717, 1.165) is 11.1 Å². The highest BCUT2D eigenvalue weighted by Gasteiger charge is 2.35. The van der Waals surface area contributed by atoms with Gasteiger partial charge in [0.15, 0.2) is 0 Å². The first-order valence-corrected chi connectivity index (χ1v) is 8.55. The number of amides is 1. The Balaban J connectivity index is 1.81. The number of aryl methyl sites for hydroxylation is 1. The summed E-state index contributed by atoms with van der Waals surface area (Å²) in [6.07, 6.45) is -2.60. The SMILES string of the molecule is Cc1cccc(Cn2nccc2NC(=O)/C=C(/c2ccccc2)C(F)(F)F)c1. The molecule has 2 aromatic carbocycles. The van der Waals surface area contributed by atoms with Crippen LogP contribution < -0.4 is 5.32 Å². The minimum atomic E-state index is -4.65. The molecular weight excluding hydrogens is 367 g/mol. The van der Waals surface area contributed by atoms with Crippen LogP contribution in [0.4, 0.5) is 19.0 Å². The van der Waals surface area contributed by atoms with E-state index >= 15 is 0 Å². The quantitative estimate of drug-likeness (QED) is 0.640. The molecule has 3 aromatic rings. The number of anilines is 1. The highest BCUT2D eigenvalue weighted by Crippen LogP contribution is 2.33. The van der Waals surface area contributed by atoms with Crippen molar-refractivity contribution >= 4 is 17.3 Å². The van der Waals surface area contributed by atoms with Gasteiger partial charge in [-0.2, -0.15) is 18.3 Å². The third kappa shape index (κ3) is 4.88. The number of halogens is 3. The van der Waals surface area contributed by atoms with Crippen LogP contribution in [0.15, 0.2) is 72.9 Å². The molecule has 0 fully saturated rings. The normalized spacial score (nSPS) is 12.1. The van der Waals surface area contributed by atoms with Gasteiger partial charge in [-0.05, 0) is 18.1 Å². The summed E-state index contributed by atoms with van der Waals surface area (Å²) in [5.41, 5.74) is 0.972. The molecule has 0 aliphatic heterocycles. The van der Waals surface area contributed by atoms with E-state index in [9.17, 15) is 18.0 Å². The predicted molar refractivity (Wildman–Crippen MR) is 102 cm³/mol. The molecule has 4 nitrogen and oxygen atoms in total. The Morgan fingerprint density at radius 1 is 1.11 bits per heavy atom. The first-order chi connectivity index (χ1) is 13.3. The zero-order valence-corrected chi connectivity index (χ0v) is 15.1. The third-order valence-electron chi connectivity index (χ3n) is 4.05. The number of carbonyl (C=O) groups is 1. The Morgan fingerprint density at radius 2 is 1.86 bits per heavy atom. The molecule has 0 spiro atoms. The summed E-state index contributed by atoms with van der Waals surface area (Å²) in [5.74, 6) is -0.556. The van der Waals surface area contributed by atoms with Crippen molar-refractivity contribution in [2.24, 2.45) is 0 Å². The first kappa shape index (κ1) is 19.4. The van der Waals surface area contributed by atoms with Gasteiger partial charge in [0, 0.05) is 12.1 Å². The zero-order chi connectivity index (χ0) is 20.1. The standard InChI is InChI=1S/C21H18F3N3O/c1-15-6-5-7-16(12-15)14-27-19(10-11-25-27)26-20(28)13-18(21(22,23)24)17-8-3-2-4-9-17/h2-13H,14H2,1H3,(H,26,28)/b18-13-. The van der Waals surface area contributed by atoms with Crippen LogP contribution in [0.1, 0.15) is 16.7 Å². The second-order valence-electron chi connectivity index (χ2n) is 6.27. The van der Waals surface area contributed by atoms with Gasteiger partial charge in [0.25, 0.3) is 0 Å². The lowest BCUT2D eigenvalue weighted by atomic mass is 10.1. The molecule has 3 rings (SSSR count). The molecule has 28 heavy (non-hydrogen) atoms. The van der Waals surface area contributed by atoms with Gasteiger partial charge >= 0.3 is 6.18 Å². The molecule has 1 aromatic heterocycles. The van der Waals surface area contributed by atoms with E-state index in [1.54, 1.807) is 6.07 Å². The van der Waals surface area contributed by atoms with Gasteiger partial charge in [-0.15, -0.1) is 0 Å². The number of benzene rings is 2. The van der Waals surface area contributed by atoms with E-state index in [1.165, 1.54) is 41.2 Å². The summed E-state index contributed by atoms with van der Waals surface area (Å²) in [4.78, 5) is 12.3. The summed E-state index contributed by atoms with van der Waals surface area (Å²) in [6.45, 7) is 2.35. The van der Waals surface area contributed by atoms with Crippen molar-refractivity contribution in [1.82, 2.24) is 9.78 Å². The summed E-state index contributed by atoms with van der Waals surface area (Å²) in [7, 11) is 0. The molecule has 0 bridgehead atoms. The number of aromatic nitrogens is 2. The second kappa shape index (κ2) is 8.12. The summed E-state index contributed by atoms with van der Waals surface area (Å²) >= 11 is 0. The van der Waals surface area contributed by atoms with Crippen LogP contribution in [0.3, 0.4) is 0 Å². The predicted octanol–water partition coefficient (Wildman–Crippen LogP) is 4.82. The van der Waals surface area contributed by atoms with Gasteiger partial charge in [-0.3, -0.25) is 4.79 Å². The molecule has 0 unspecified atom stereocenters. The summed E-state index contributed by atoms with van der Waals surface area (Å²) < 4.78 is 41.7. The van der Waals surface area contributed by atoms with E-state index in [-0.39, 0.29) is 5.56 Å². The Labute approximate surface area is 160 Å². The average Bonchev–Trinajstić information content (AvgIpc) is 3.06. The molecule has 0 atom stereocenters. The molecule has 1 N–H and O–H groups in total. The van der Waals surface area contributed by atoms with Crippen molar-refractivity contribution in [2.45, 2.75) is 19.6 Å². The number of carbonyl (C=O) groups excluding carboxylic acids is 1. The number of nitrogens with one attached hydrogen (secondary N) is 1. The van der Waals surface area contributed by atoms with Crippen LogP contribution in [0, 0.1) is 6.92 Å². The van der Waals surface area contributed by atoms with Gasteiger partial charge in [0.05, 0.1) is 18.3 Å². The Bertz CT molecular complexity index is 991. The molecule has 7 heteroatoms. The topological polar surface area (TPSA) is 46.9 Å². The molecule has 0 radical (unpaired) electrons. The Morgan fingerprint density at radius 3 is 2.54 bits per heavy atom. The van der Waals surface area contributed by atoms with E-state index in [1.807, 2.05) is 31.2 Å². The van der Waals surface area contributed by atoms with E-state index in [4.69, 9.17) is 0 Å². The molecule has 144 valence electrons. The number of rotatable bonds is 5. The highest BCUT2D eigenvalue weighted by atomic mass is 19.4. The van der Waals surface area contributed by atoms with Gasteiger partial charge in [0.1, 0.15) is 5.82 Å². The van der Waals surface area contributed by atoms with Crippen molar-refractivity contribution in [3.63, 3.8) is 0 Å². The highest BCUT2D eigenvalue weighted by molar-refractivity contribution is 6.04. The molecule has 0 aliphatic carbocycles. The van der Waals surface area contributed by atoms with Crippen molar-refractivity contribution in [2.75, 3.05) is 5.32 Å². The first-order valence-electron chi connectivity index (χ1n) is 8.55. The van der Waals surface area contributed by atoms with Crippen LogP contribution in [-0.4, -0.2) is 21.9 Å². The maximum Gasteiger partial charge on any atom is 0.417 e. The van der Waals surface area contributed by atoms with Crippen molar-refractivity contribution < 1.29 is 18.0 Å². The average molecular weight is 385 g/mol. The number of hydrogen-bond acceptors (Lipinski definition) is 2. The molecule has 0 saturated carbocycles. The van der Waals surface area contributed by atoms with E-state index in [2.05, 4.69) is 10.4 Å². The Kier molecular flexibility index (Phi) is 5.63. The molecule has 0 aliphatic rings. The smallest absolute Gasteiger partial charge is 0.307 e. The van der Waals surface area contributed by atoms with Crippen molar-refractivity contribution in [3.05, 3.63) is 89.6 Å². The van der Waals surface area contributed by atoms with E-state index < -0.39 is 17.7 Å². The van der Waals surface area contributed by atoms with Gasteiger partial charge in [0.2, 0.25) is 5.91 Å². The summed E-state index contributed by atoms with van der Waals surface area (Å²) in [6, 6.07) is 16.5. The van der Waals surface area contributed by atoms with Gasteiger partial charge in [-0.25, -0.2) is 4.68 Å². The number of alkyl halides is 3. The maximum absolute atomic E-state index is 13.4. The minimum Gasteiger partial charge on any atom is -0.307 e.